The molecule has 0 spiro atoms. The minimum Gasteiger partial charge on any atom is -0.431 e. The monoisotopic (exact) mass is 454 g/mol. The summed E-state index contributed by atoms with van der Waals surface area (Å²) in [6, 6.07) is 16.5. The molecule has 0 saturated carbocycles. The maximum atomic E-state index is 12.5. The topological polar surface area (TPSA) is 158 Å². The molecule has 0 saturated heterocycles. The van der Waals surface area contributed by atoms with E-state index in [1.807, 2.05) is 36.4 Å². The van der Waals surface area contributed by atoms with E-state index in [1.54, 1.807) is 31.3 Å². The number of hydrogen-bond acceptors (Lipinski definition) is 8. The van der Waals surface area contributed by atoms with E-state index in [0.717, 1.165) is 16.3 Å². The van der Waals surface area contributed by atoms with E-state index >= 15 is 0 Å². The number of aromatic nitrogens is 1. The highest BCUT2D eigenvalue weighted by molar-refractivity contribution is 6.30. The van der Waals surface area contributed by atoms with Crippen molar-refractivity contribution in [2.24, 2.45) is 0 Å². The summed E-state index contributed by atoms with van der Waals surface area (Å²) >= 11 is 5.93. The molecule has 1 heterocycles. The number of amides is 1. The number of ether oxygens (including phenoxy) is 1. The molecule has 3 rings (SSSR count). The fourth-order valence-electron chi connectivity index (χ4n) is 2.48. The van der Waals surface area contributed by atoms with Gasteiger partial charge in [-0.05, 0) is 47.6 Å². The van der Waals surface area contributed by atoms with Crippen molar-refractivity contribution in [1.29, 1.82) is 0 Å². The first-order chi connectivity index (χ1) is 14.1. The maximum absolute atomic E-state index is 12.5. The van der Waals surface area contributed by atoms with Crippen LogP contribution in [0.5, 0.6) is 0 Å². The number of halogens is 2. The van der Waals surface area contributed by atoms with Gasteiger partial charge in [-0.1, -0.05) is 29.8 Å². The van der Waals surface area contributed by atoms with Crippen LogP contribution in [0.4, 0.5) is 16.4 Å². The second kappa shape index (κ2) is 10.3. The molecule has 30 heavy (non-hydrogen) atoms. The van der Waals surface area contributed by atoms with E-state index in [4.69, 9.17) is 40.7 Å². The molecule has 1 aromatic heterocycles. The van der Waals surface area contributed by atoms with E-state index in [0.29, 0.717) is 16.7 Å². The van der Waals surface area contributed by atoms with Crippen molar-refractivity contribution in [3.05, 3.63) is 65.2 Å². The van der Waals surface area contributed by atoms with Crippen molar-refractivity contribution in [2.45, 2.75) is 6.92 Å². The number of nitrogens with zero attached hydrogens (tertiary/aromatic N) is 2. The van der Waals surface area contributed by atoms with Crippen LogP contribution in [0.15, 0.2) is 54.6 Å². The number of benzene rings is 2. The lowest BCUT2D eigenvalue weighted by atomic mass is 10.1. The zero-order chi connectivity index (χ0) is 22.3. The SMILES string of the molecule is CCOC(=O)[N+](=Cc1ccc(Cl)cc1)c1nc(N)cc2ccccc12.[O-][Cl+3]([O-])([O-])O. The molecule has 9 nitrogen and oxygen atoms in total. The molecule has 0 fully saturated rings. The van der Waals surface area contributed by atoms with Crippen molar-refractivity contribution >= 4 is 46.3 Å². The lowest BCUT2D eigenvalue weighted by molar-refractivity contribution is -1.92. The van der Waals surface area contributed by atoms with E-state index in [1.165, 1.54) is 4.58 Å². The standard InChI is InChI=1S/C19H17ClN3O2.ClHO4/c1-2-25-19(24)23(12-13-7-9-15(20)10-8-13)18-16-6-4-3-5-14(16)11-17(21)22-18;2-1(3,4)5/h3-12H,2H2,1H3,(H2,21,22);(H,2,3,4,5)/q+1;. The average Bonchev–Trinajstić information content (AvgIpc) is 2.66. The Hall–Kier alpha value is -2.79. The molecule has 0 aliphatic carbocycles. The van der Waals surface area contributed by atoms with Crippen LogP contribution in [0, 0.1) is 10.2 Å². The molecule has 0 atom stereocenters. The first-order valence-electron chi connectivity index (χ1n) is 8.43. The van der Waals surface area contributed by atoms with Crippen molar-refractivity contribution in [3.63, 3.8) is 0 Å². The molecule has 3 aromatic rings. The number of nitrogen functional groups attached to an aromatic ring is 1. The minimum absolute atomic E-state index is 0.254. The van der Waals surface area contributed by atoms with Gasteiger partial charge >= 0.3 is 11.9 Å². The summed E-state index contributed by atoms with van der Waals surface area (Å²) in [5, 5.41) is 2.31. The van der Waals surface area contributed by atoms with Crippen LogP contribution >= 0.6 is 11.6 Å². The van der Waals surface area contributed by atoms with Crippen LogP contribution in [-0.4, -0.2) is 33.1 Å². The van der Waals surface area contributed by atoms with Gasteiger partial charge in [0.15, 0.2) is 0 Å². The normalized spacial score (nSPS) is 11.6. The zero-order valence-corrected chi connectivity index (χ0v) is 17.2. The molecule has 0 radical (unpaired) electrons. The van der Waals surface area contributed by atoms with Crippen LogP contribution in [0.2, 0.25) is 5.02 Å². The Bertz CT molecular complexity index is 1050. The summed E-state index contributed by atoms with van der Waals surface area (Å²) in [5.41, 5.74) is 6.71. The predicted octanol–water partition coefficient (Wildman–Crippen LogP) is 0.266. The van der Waals surface area contributed by atoms with Gasteiger partial charge in [0.05, 0.1) is 26.9 Å². The van der Waals surface area contributed by atoms with Gasteiger partial charge in [0.1, 0.15) is 6.21 Å². The van der Waals surface area contributed by atoms with Gasteiger partial charge in [0, 0.05) is 16.7 Å². The smallest absolute Gasteiger partial charge is 0.431 e. The van der Waals surface area contributed by atoms with Crippen molar-refractivity contribution in [2.75, 3.05) is 12.3 Å². The lowest BCUT2D eigenvalue weighted by Gasteiger charge is -2.06. The van der Waals surface area contributed by atoms with Gasteiger partial charge in [-0.15, -0.1) is 4.58 Å². The van der Waals surface area contributed by atoms with Crippen molar-refractivity contribution in [3.8, 4) is 0 Å². The Morgan fingerprint density at radius 1 is 1.23 bits per heavy atom. The molecular weight excluding hydrogens is 437 g/mol. The van der Waals surface area contributed by atoms with Crippen molar-refractivity contribution in [1.82, 2.24) is 4.98 Å². The minimum atomic E-state index is -4.69. The van der Waals surface area contributed by atoms with Gasteiger partial charge in [-0.3, -0.25) is 0 Å². The zero-order valence-electron chi connectivity index (χ0n) is 15.7. The number of anilines is 1. The molecule has 0 aliphatic rings. The van der Waals surface area contributed by atoms with E-state index in [-0.39, 0.29) is 6.61 Å². The van der Waals surface area contributed by atoms with Crippen LogP contribution in [0.3, 0.4) is 0 Å². The van der Waals surface area contributed by atoms with Crippen LogP contribution in [0.25, 0.3) is 10.8 Å². The number of rotatable bonds is 3. The molecule has 11 heteroatoms. The fourth-order valence-corrected chi connectivity index (χ4v) is 2.60. The molecule has 158 valence electrons. The molecule has 0 unspecified atom stereocenters. The highest BCUT2D eigenvalue weighted by atomic mass is 35.7. The molecule has 3 N–H and O–H groups in total. The highest BCUT2D eigenvalue weighted by Gasteiger charge is 2.25. The molecule has 0 bridgehead atoms. The van der Waals surface area contributed by atoms with Crippen LogP contribution < -0.4 is 19.7 Å². The number of fused-ring (bicyclic) bond motifs is 1. The third-order valence-electron chi connectivity index (χ3n) is 3.58. The summed E-state index contributed by atoms with van der Waals surface area (Å²) in [5.74, 6) is 0.747. The Morgan fingerprint density at radius 2 is 1.83 bits per heavy atom. The number of hydrogen-bond donors (Lipinski definition) is 2. The number of carbonyl (C=O) groups excluding carboxylic acids is 1. The quantitative estimate of drug-likeness (QED) is 0.421. The third kappa shape index (κ3) is 7.23. The van der Waals surface area contributed by atoms with Gasteiger partial charge in [0.2, 0.25) is 5.82 Å². The first-order valence-corrected chi connectivity index (χ1v) is 10.1. The van der Waals surface area contributed by atoms with Gasteiger partial charge in [-0.25, -0.2) is 0 Å². The first kappa shape index (κ1) is 23.5. The molecule has 2 aromatic carbocycles. The van der Waals surface area contributed by atoms with Gasteiger partial charge in [-0.2, -0.15) is 18.8 Å². The Labute approximate surface area is 179 Å². The predicted molar refractivity (Wildman–Crippen MR) is 102 cm³/mol. The van der Waals surface area contributed by atoms with Crippen LogP contribution in [-0.2, 0) is 4.74 Å². The molecule has 0 aliphatic heterocycles. The second-order valence-corrected chi connectivity index (χ2v) is 6.97. The lowest BCUT2D eigenvalue weighted by Crippen LogP contribution is -2.58. The van der Waals surface area contributed by atoms with Crippen LogP contribution in [0.1, 0.15) is 12.5 Å². The maximum Gasteiger partial charge on any atom is 0.512 e. The fraction of sp³-hybridized carbons (Fsp3) is 0.105. The number of pyridine rings is 1. The summed E-state index contributed by atoms with van der Waals surface area (Å²) in [6.07, 6.45) is 1.13. The Morgan fingerprint density at radius 3 is 2.43 bits per heavy atom. The van der Waals surface area contributed by atoms with E-state index in [2.05, 4.69) is 4.98 Å². The Kier molecular flexibility index (Phi) is 8.07. The largest absolute Gasteiger partial charge is 0.512 e. The summed E-state index contributed by atoms with van der Waals surface area (Å²) in [7, 11) is -4.69. The summed E-state index contributed by atoms with van der Waals surface area (Å²) in [4.78, 5) is 16.9. The number of carbonyl (C=O) groups is 1. The Balaban J connectivity index is 0.000000575. The van der Waals surface area contributed by atoms with E-state index < -0.39 is 16.3 Å². The second-order valence-electron chi connectivity index (χ2n) is 5.74. The summed E-state index contributed by atoms with van der Waals surface area (Å²) in [6.45, 7) is 2.01. The number of nitrogens with two attached hydrogens (primary N) is 1. The molecular formula is C19H18Cl2N3O6+. The van der Waals surface area contributed by atoms with E-state index in [9.17, 15) is 4.79 Å². The highest BCUT2D eigenvalue weighted by Crippen LogP contribution is 2.26. The average molecular weight is 455 g/mol. The third-order valence-corrected chi connectivity index (χ3v) is 3.83. The van der Waals surface area contributed by atoms with Gasteiger partial charge < -0.3 is 10.5 Å². The van der Waals surface area contributed by atoms with Gasteiger partial charge in [0.25, 0.3) is 0 Å². The molecule has 1 amide bonds. The van der Waals surface area contributed by atoms with Crippen molar-refractivity contribution < 1.29 is 43.0 Å². The summed E-state index contributed by atoms with van der Waals surface area (Å²) < 4.78 is 39.3.